The van der Waals surface area contributed by atoms with Crippen molar-refractivity contribution in [2.75, 3.05) is 39.5 Å². The monoisotopic (exact) mass is 780 g/mol. The zero-order valence-corrected chi connectivity index (χ0v) is 38.3. The van der Waals surface area contributed by atoms with Gasteiger partial charge in [-0.05, 0) is 109 Å². The van der Waals surface area contributed by atoms with Gasteiger partial charge in [0.2, 0.25) is 0 Å². The Kier molecular flexibility index (Phi) is 36.4. The first-order chi connectivity index (χ1) is 26.5. The zero-order valence-electron chi connectivity index (χ0n) is 38.3. The van der Waals surface area contributed by atoms with Crippen LogP contribution in [0, 0.1) is 16.7 Å². The minimum absolute atomic E-state index is 0.00693. The number of hydrogen-bond donors (Lipinski definition) is 1. The number of aliphatic hydroxyl groups excluding tert-OH is 1. The Morgan fingerprint density at radius 1 is 0.527 bits per heavy atom. The Bertz CT molecular complexity index is 844. The maximum Gasteiger partial charge on any atom is 0.311 e. The summed E-state index contributed by atoms with van der Waals surface area (Å²) in [5, 5.41) is 9.35. The van der Waals surface area contributed by atoms with Crippen LogP contribution < -0.4 is 0 Å². The summed E-state index contributed by atoms with van der Waals surface area (Å²) in [7, 11) is 0. The summed E-state index contributed by atoms with van der Waals surface area (Å²) in [5.41, 5.74) is -0.253. The highest BCUT2D eigenvalue weighted by Gasteiger charge is 2.29. The summed E-state index contributed by atoms with van der Waals surface area (Å²) in [6.07, 6.45) is 36.3. The van der Waals surface area contributed by atoms with Crippen LogP contribution in [0.3, 0.4) is 0 Å². The smallest absolute Gasteiger partial charge is 0.311 e. The second-order valence-corrected chi connectivity index (χ2v) is 18.7. The van der Waals surface area contributed by atoms with E-state index in [-0.39, 0.29) is 24.0 Å². The number of carbonyl (C=O) groups excluding carboxylic acids is 2. The van der Waals surface area contributed by atoms with E-state index in [0.717, 1.165) is 77.4 Å². The van der Waals surface area contributed by atoms with E-state index in [1.54, 1.807) is 0 Å². The molecule has 55 heavy (non-hydrogen) atoms. The van der Waals surface area contributed by atoms with Gasteiger partial charge in [0, 0.05) is 13.0 Å². The van der Waals surface area contributed by atoms with Crippen LogP contribution in [-0.2, 0) is 19.1 Å². The summed E-state index contributed by atoms with van der Waals surface area (Å²) >= 11 is 0. The van der Waals surface area contributed by atoms with E-state index in [0.29, 0.717) is 25.6 Å². The molecule has 6 heteroatoms. The normalized spacial score (nSPS) is 12.3. The fraction of sp³-hybridized carbons (Fsp3) is 0.959. The van der Waals surface area contributed by atoms with Crippen molar-refractivity contribution in [3.63, 3.8) is 0 Å². The van der Waals surface area contributed by atoms with Gasteiger partial charge in [0.25, 0.3) is 0 Å². The van der Waals surface area contributed by atoms with Crippen molar-refractivity contribution in [2.24, 2.45) is 16.7 Å². The fourth-order valence-corrected chi connectivity index (χ4v) is 7.72. The lowest BCUT2D eigenvalue weighted by Crippen LogP contribution is -2.29. The number of unbranched alkanes of at least 4 members (excludes halogenated alkanes) is 19. The highest BCUT2D eigenvalue weighted by Crippen LogP contribution is 2.29. The van der Waals surface area contributed by atoms with Crippen molar-refractivity contribution in [1.82, 2.24) is 4.90 Å². The molecule has 1 N–H and O–H groups in total. The molecule has 0 bridgehead atoms. The predicted octanol–water partition coefficient (Wildman–Crippen LogP) is 14.2. The number of carbonyl (C=O) groups is 2. The molecule has 0 amide bonds. The highest BCUT2D eigenvalue weighted by atomic mass is 16.5. The van der Waals surface area contributed by atoms with Crippen LogP contribution in [0.4, 0.5) is 0 Å². The maximum atomic E-state index is 13.2. The van der Waals surface area contributed by atoms with Crippen molar-refractivity contribution in [3.05, 3.63) is 0 Å². The SMILES string of the molecule is CCCCCCCCCC(=O)OCCC(C)(C)CCCCN(CCCCO)CCCCCCC(C)(C)C(=O)OCC(CCCCCCC)CCCCCCC. The van der Waals surface area contributed by atoms with Gasteiger partial charge in [-0.2, -0.15) is 0 Å². The molecule has 0 fully saturated rings. The van der Waals surface area contributed by atoms with Gasteiger partial charge >= 0.3 is 11.9 Å². The van der Waals surface area contributed by atoms with Crippen LogP contribution in [-0.4, -0.2) is 61.4 Å². The molecular formula is C49H97NO5. The molecule has 0 aliphatic heterocycles. The number of esters is 2. The molecule has 0 aliphatic carbocycles. The van der Waals surface area contributed by atoms with E-state index < -0.39 is 5.41 Å². The van der Waals surface area contributed by atoms with Crippen molar-refractivity contribution < 1.29 is 24.2 Å². The average molecular weight is 780 g/mol. The molecule has 0 unspecified atom stereocenters. The summed E-state index contributed by atoms with van der Waals surface area (Å²) in [6.45, 7) is 20.2. The van der Waals surface area contributed by atoms with Crippen LogP contribution in [0.1, 0.15) is 248 Å². The molecule has 0 saturated heterocycles. The van der Waals surface area contributed by atoms with E-state index in [1.807, 2.05) is 0 Å². The van der Waals surface area contributed by atoms with E-state index in [2.05, 4.69) is 53.4 Å². The van der Waals surface area contributed by atoms with Crippen LogP contribution in [0.2, 0.25) is 0 Å². The van der Waals surface area contributed by atoms with Crippen LogP contribution in [0.25, 0.3) is 0 Å². The third-order valence-corrected chi connectivity index (χ3v) is 11.9. The molecule has 0 aromatic heterocycles. The largest absolute Gasteiger partial charge is 0.466 e. The number of nitrogens with zero attached hydrogens (tertiary/aromatic N) is 1. The second kappa shape index (κ2) is 37.2. The average Bonchev–Trinajstić information content (AvgIpc) is 3.15. The Morgan fingerprint density at radius 2 is 0.982 bits per heavy atom. The van der Waals surface area contributed by atoms with E-state index in [1.165, 1.54) is 135 Å². The third-order valence-electron chi connectivity index (χ3n) is 11.9. The number of hydrogen-bond acceptors (Lipinski definition) is 6. The second-order valence-electron chi connectivity index (χ2n) is 18.7. The molecule has 0 rings (SSSR count). The Hall–Kier alpha value is -1.14. The van der Waals surface area contributed by atoms with Crippen molar-refractivity contribution in [1.29, 1.82) is 0 Å². The Labute approximate surface area is 343 Å². The molecule has 0 spiro atoms. The van der Waals surface area contributed by atoms with E-state index >= 15 is 0 Å². The van der Waals surface area contributed by atoms with E-state index in [9.17, 15) is 14.7 Å². The van der Waals surface area contributed by atoms with E-state index in [4.69, 9.17) is 9.47 Å². The molecule has 6 nitrogen and oxygen atoms in total. The standard InChI is InChI=1S/C49H97NO5/c1-8-11-14-17-18-21-26-35-46(52)54-43-38-48(4,5)36-28-30-40-50(41-31-32-42-51)39-29-23-22-27-37-49(6,7)47(53)55-44-45(33-24-19-15-12-9-2)34-25-20-16-13-10-3/h45,51H,8-44H2,1-7H3. The van der Waals surface area contributed by atoms with Gasteiger partial charge in [0.15, 0.2) is 0 Å². The molecule has 0 aromatic rings. The molecule has 328 valence electrons. The van der Waals surface area contributed by atoms with Crippen molar-refractivity contribution in [2.45, 2.75) is 248 Å². The van der Waals surface area contributed by atoms with Gasteiger partial charge < -0.3 is 19.5 Å². The van der Waals surface area contributed by atoms with Gasteiger partial charge in [0.05, 0.1) is 18.6 Å². The first kappa shape index (κ1) is 53.9. The lowest BCUT2D eigenvalue weighted by atomic mass is 9.84. The molecule has 0 aliphatic rings. The zero-order chi connectivity index (χ0) is 40.9. The number of ether oxygens (including phenoxy) is 2. The van der Waals surface area contributed by atoms with Gasteiger partial charge in [-0.25, -0.2) is 0 Å². The Balaban J connectivity index is 4.42. The lowest BCUT2D eigenvalue weighted by molar-refractivity contribution is -0.156. The van der Waals surface area contributed by atoms with Crippen LogP contribution in [0.5, 0.6) is 0 Å². The highest BCUT2D eigenvalue weighted by molar-refractivity contribution is 5.75. The maximum absolute atomic E-state index is 13.2. The predicted molar refractivity (Wildman–Crippen MR) is 237 cm³/mol. The van der Waals surface area contributed by atoms with Crippen LogP contribution >= 0.6 is 0 Å². The third kappa shape index (κ3) is 34.6. The minimum Gasteiger partial charge on any atom is -0.466 e. The summed E-state index contributed by atoms with van der Waals surface area (Å²) in [6, 6.07) is 0. The topological polar surface area (TPSA) is 76.1 Å². The number of rotatable bonds is 42. The molecule has 0 atom stereocenters. The molecule has 0 aromatic carbocycles. The first-order valence-electron chi connectivity index (χ1n) is 24.2. The quantitative estimate of drug-likeness (QED) is 0.0491. The molecule has 0 radical (unpaired) electrons. The van der Waals surface area contributed by atoms with Gasteiger partial charge in [0.1, 0.15) is 0 Å². The molecule has 0 heterocycles. The first-order valence-corrected chi connectivity index (χ1v) is 24.2. The Morgan fingerprint density at radius 3 is 1.55 bits per heavy atom. The lowest BCUT2D eigenvalue weighted by Gasteiger charge is -2.26. The van der Waals surface area contributed by atoms with Crippen molar-refractivity contribution >= 4 is 11.9 Å². The molecular weight excluding hydrogens is 683 g/mol. The summed E-state index contributed by atoms with van der Waals surface area (Å²) in [5.74, 6) is 0.475. The molecule has 0 saturated carbocycles. The van der Waals surface area contributed by atoms with Crippen LogP contribution in [0.15, 0.2) is 0 Å². The van der Waals surface area contributed by atoms with Gasteiger partial charge in [-0.15, -0.1) is 0 Å². The van der Waals surface area contributed by atoms with Crippen molar-refractivity contribution in [3.8, 4) is 0 Å². The van der Waals surface area contributed by atoms with Gasteiger partial charge in [-0.1, -0.05) is 163 Å². The summed E-state index contributed by atoms with van der Waals surface area (Å²) < 4.78 is 11.6. The summed E-state index contributed by atoms with van der Waals surface area (Å²) in [4.78, 5) is 28.0. The van der Waals surface area contributed by atoms with Gasteiger partial charge in [-0.3, -0.25) is 9.59 Å². The minimum atomic E-state index is -0.425. The fourth-order valence-electron chi connectivity index (χ4n) is 7.72. The number of aliphatic hydroxyl groups is 1.